The molecule has 0 radical (unpaired) electrons. The van der Waals surface area contributed by atoms with Crippen molar-refractivity contribution in [1.82, 2.24) is 15.2 Å². The maximum Gasteiger partial charge on any atom is 0.289 e. The molecule has 4 rings (SSSR count). The number of nitrogens with zero attached hydrogens (tertiary/aromatic N) is 2. The lowest BCUT2D eigenvalue weighted by molar-refractivity contribution is 0.0668. The standard InChI is InChI=1S/C21H20ClN3O3/c1-13-17-11-15(22)4-5-18(17)28-19(13)21(27)25-9-6-16(7-10-25)24-20(26)14-3-2-8-23-12-14/h2-5,8,11-12,16H,6-7,9-10H2,1H3,(H,24,26). The zero-order chi connectivity index (χ0) is 19.7. The number of nitrogens with one attached hydrogen (secondary N) is 1. The smallest absolute Gasteiger partial charge is 0.289 e. The number of piperidine rings is 1. The van der Waals surface area contributed by atoms with Crippen LogP contribution in [0.3, 0.4) is 0 Å². The van der Waals surface area contributed by atoms with Crippen LogP contribution in [-0.4, -0.2) is 40.8 Å². The van der Waals surface area contributed by atoms with Crippen molar-refractivity contribution < 1.29 is 14.0 Å². The summed E-state index contributed by atoms with van der Waals surface area (Å²) in [5.41, 5.74) is 2.00. The highest BCUT2D eigenvalue weighted by Gasteiger charge is 2.28. The summed E-state index contributed by atoms with van der Waals surface area (Å²) in [5, 5.41) is 4.49. The number of fused-ring (bicyclic) bond motifs is 1. The number of rotatable bonds is 3. The second-order valence-corrected chi connectivity index (χ2v) is 7.41. The quantitative estimate of drug-likeness (QED) is 0.728. The molecular formula is C21H20ClN3O3. The van der Waals surface area contributed by atoms with E-state index in [1.807, 2.05) is 13.0 Å². The van der Waals surface area contributed by atoms with Crippen LogP contribution in [0.1, 0.15) is 39.3 Å². The summed E-state index contributed by atoms with van der Waals surface area (Å²) in [4.78, 5) is 30.9. The number of amides is 2. The molecule has 1 saturated heterocycles. The molecule has 144 valence electrons. The van der Waals surface area contributed by atoms with Crippen molar-refractivity contribution in [2.24, 2.45) is 0 Å². The van der Waals surface area contributed by atoms with Gasteiger partial charge in [-0.05, 0) is 50.1 Å². The lowest BCUT2D eigenvalue weighted by Gasteiger charge is -2.32. The van der Waals surface area contributed by atoms with E-state index < -0.39 is 0 Å². The van der Waals surface area contributed by atoms with Crippen LogP contribution in [0.4, 0.5) is 0 Å². The van der Waals surface area contributed by atoms with Gasteiger partial charge in [-0.3, -0.25) is 14.6 Å². The first-order chi connectivity index (χ1) is 13.5. The van der Waals surface area contributed by atoms with E-state index in [0.29, 0.717) is 47.9 Å². The summed E-state index contributed by atoms with van der Waals surface area (Å²) in [5.74, 6) is 0.0971. The number of carbonyl (C=O) groups excluding carboxylic acids is 2. The third-order valence-electron chi connectivity index (χ3n) is 5.13. The normalized spacial score (nSPS) is 15.0. The van der Waals surface area contributed by atoms with Gasteiger partial charge in [-0.25, -0.2) is 0 Å². The Morgan fingerprint density at radius 1 is 1.25 bits per heavy atom. The first-order valence-corrected chi connectivity index (χ1v) is 9.59. The van der Waals surface area contributed by atoms with Gasteiger partial charge in [0.2, 0.25) is 0 Å². The second-order valence-electron chi connectivity index (χ2n) is 6.98. The Labute approximate surface area is 167 Å². The molecule has 3 heterocycles. The first-order valence-electron chi connectivity index (χ1n) is 9.22. The number of hydrogen-bond donors (Lipinski definition) is 1. The zero-order valence-corrected chi connectivity index (χ0v) is 16.2. The van der Waals surface area contributed by atoms with Crippen molar-refractivity contribution in [2.45, 2.75) is 25.8 Å². The summed E-state index contributed by atoms with van der Waals surface area (Å²) in [6.07, 6.45) is 4.57. The summed E-state index contributed by atoms with van der Waals surface area (Å²) >= 11 is 6.05. The molecule has 1 aromatic carbocycles. The summed E-state index contributed by atoms with van der Waals surface area (Å²) in [7, 11) is 0. The van der Waals surface area contributed by atoms with Gasteiger partial charge >= 0.3 is 0 Å². The minimum absolute atomic E-state index is 0.0346. The van der Waals surface area contributed by atoms with Gasteiger partial charge in [0.25, 0.3) is 11.8 Å². The van der Waals surface area contributed by atoms with Gasteiger partial charge in [-0.1, -0.05) is 11.6 Å². The van der Waals surface area contributed by atoms with Crippen molar-refractivity contribution >= 4 is 34.4 Å². The van der Waals surface area contributed by atoms with Crippen LogP contribution < -0.4 is 5.32 Å². The topological polar surface area (TPSA) is 75.4 Å². The third-order valence-corrected chi connectivity index (χ3v) is 5.37. The van der Waals surface area contributed by atoms with Gasteiger partial charge in [0, 0.05) is 47.5 Å². The van der Waals surface area contributed by atoms with Crippen molar-refractivity contribution in [3.63, 3.8) is 0 Å². The lowest BCUT2D eigenvalue weighted by atomic mass is 10.0. The number of aromatic nitrogens is 1. The number of hydrogen-bond acceptors (Lipinski definition) is 4. The molecule has 1 N–H and O–H groups in total. The number of likely N-dealkylation sites (tertiary alicyclic amines) is 1. The number of aryl methyl sites for hydroxylation is 1. The minimum atomic E-state index is -0.136. The van der Waals surface area contributed by atoms with E-state index in [9.17, 15) is 9.59 Å². The minimum Gasteiger partial charge on any atom is -0.451 e. The largest absolute Gasteiger partial charge is 0.451 e. The Kier molecular flexibility index (Phi) is 5.05. The molecule has 0 unspecified atom stereocenters. The summed E-state index contributed by atoms with van der Waals surface area (Å²) in [6, 6.07) is 8.84. The molecule has 0 saturated carbocycles. The van der Waals surface area contributed by atoms with Gasteiger partial charge < -0.3 is 14.6 Å². The van der Waals surface area contributed by atoms with Crippen LogP contribution in [0.2, 0.25) is 5.02 Å². The highest BCUT2D eigenvalue weighted by atomic mass is 35.5. The van der Waals surface area contributed by atoms with Crippen LogP contribution in [-0.2, 0) is 0 Å². The highest BCUT2D eigenvalue weighted by molar-refractivity contribution is 6.31. The summed E-state index contributed by atoms with van der Waals surface area (Å²) in [6.45, 7) is 3.00. The molecule has 1 aliphatic rings. The maximum absolute atomic E-state index is 12.9. The highest BCUT2D eigenvalue weighted by Crippen LogP contribution is 2.29. The SMILES string of the molecule is Cc1c(C(=O)N2CCC(NC(=O)c3cccnc3)CC2)oc2ccc(Cl)cc12. The molecule has 0 bridgehead atoms. The van der Waals surface area contributed by atoms with E-state index in [1.54, 1.807) is 41.6 Å². The monoisotopic (exact) mass is 397 g/mol. The maximum atomic E-state index is 12.9. The Bertz CT molecular complexity index is 1020. The molecule has 0 aliphatic carbocycles. The number of halogens is 1. The van der Waals surface area contributed by atoms with Gasteiger partial charge in [0.15, 0.2) is 5.76 Å². The van der Waals surface area contributed by atoms with E-state index >= 15 is 0 Å². The van der Waals surface area contributed by atoms with Gasteiger partial charge in [-0.15, -0.1) is 0 Å². The van der Waals surface area contributed by atoms with E-state index in [2.05, 4.69) is 10.3 Å². The number of pyridine rings is 1. The molecule has 2 aromatic heterocycles. The molecule has 0 spiro atoms. The van der Waals surface area contributed by atoms with Crippen LogP contribution in [0.5, 0.6) is 0 Å². The third kappa shape index (κ3) is 3.60. The fraction of sp³-hybridized carbons (Fsp3) is 0.286. The van der Waals surface area contributed by atoms with Crippen LogP contribution in [0, 0.1) is 6.92 Å². The average Bonchev–Trinajstić information content (AvgIpc) is 3.04. The fourth-order valence-electron chi connectivity index (χ4n) is 3.53. The molecular weight excluding hydrogens is 378 g/mol. The first kappa shape index (κ1) is 18.5. The van der Waals surface area contributed by atoms with Crippen LogP contribution in [0.25, 0.3) is 11.0 Å². The Balaban J connectivity index is 1.40. The average molecular weight is 398 g/mol. The molecule has 2 amide bonds. The molecule has 1 fully saturated rings. The van der Waals surface area contributed by atoms with Crippen molar-refractivity contribution in [3.8, 4) is 0 Å². The number of carbonyl (C=O) groups is 2. The van der Waals surface area contributed by atoms with Crippen molar-refractivity contribution in [1.29, 1.82) is 0 Å². The molecule has 28 heavy (non-hydrogen) atoms. The molecule has 6 nitrogen and oxygen atoms in total. The van der Waals surface area contributed by atoms with Gasteiger partial charge in [-0.2, -0.15) is 0 Å². The number of benzene rings is 1. The Morgan fingerprint density at radius 3 is 2.75 bits per heavy atom. The molecule has 1 aliphatic heterocycles. The molecule has 7 heteroatoms. The molecule has 0 atom stereocenters. The molecule has 3 aromatic rings. The zero-order valence-electron chi connectivity index (χ0n) is 15.4. The fourth-order valence-corrected chi connectivity index (χ4v) is 3.71. The second kappa shape index (κ2) is 7.64. The Morgan fingerprint density at radius 2 is 2.04 bits per heavy atom. The van der Waals surface area contributed by atoms with Gasteiger partial charge in [0.1, 0.15) is 5.58 Å². The van der Waals surface area contributed by atoms with Crippen LogP contribution >= 0.6 is 11.6 Å². The van der Waals surface area contributed by atoms with Gasteiger partial charge in [0.05, 0.1) is 5.56 Å². The summed E-state index contributed by atoms with van der Waals surface area (Å²) < 4.78 is 5.79. The van der Waals surface area contributed by atoms with E-state index in [4.69, 9.17) is 16.0 Å². The van der Waals surface area contributed by atoms with Crippen molar-refractivity contribution in [3.05, 3.63) is 64.6 Å². The Hall–Kier alpha value is -2.86. The predicted molar refractivity (Wildman–Crippen MR) is 107 cm³/mol. The number of furan rings is 1. The van der Waals surface area contributed by atoms with E-state index in [0.717, 1.165) is 10.9 Å². The van der Waals surface area contributed by atoms with Crippen molar-refractivity contribution in [2.75, 3.05) is 13.1 Å². The predicted octanol–water partition coefficient (Wildman–Crippen LogP) is 3.82. The lowest BCUT2D eigenvalue weighted by Crippen LogP contribution is -2.46. The van der Waals surface area contributed by atoms with E-state index in [1.165, 1.54) is 0 Å². The van der Waals surface area contributed by atoms with E-state index in [-0.39, 0.29) is 17.9 Å². The van der Waals surface area contributed by atoms with Crippen LogP contribution in [0.15, 0.2) is 47.1 Å².